The van der Waals surface area contributed by atoms with Gasteiger partial charge in [0.2, 0.25) is 0 Å². The first-order valence-electron chi connectivity index (χ1n) is 7.94. The van der Waals surface area contributed by atoms with Crippen LogP contribution in [-0.4, -0.2) is 42.8 Å². The van der Waals surface area contributed by atoms with Crippen molar-refractivity contribution in [1.82, 2.24) is 10.2 Å². The Bertz CT molecular complexity index is 435. The van der Waals surface area contributed by atoms with Crippen LogP contribution in [0.2, 0.25) is 0 Å². The molecule has 0 heterocycles. The Kier molecular flexibility index (Phi) is 6.68. The van der Waals surface area contributed by atoms with Crippen LogP contribution in [-0.2, 0) is 0 Å². The van der Waals surface area contributed by atoms with Crippen LogP contribution in [0, 0.1) is 5.92 Å². The fraction of sp³-hybridized carbons (Fsp3) is 0.647. The lowest BCUT2D eigenvalue weighted by Crippen LogP contribution is -2.38. The van der Waals surface area contributed by atoms with Gasteiger partial charge in [0, 0.05) is 17.1 Å². The van der Waals surface area contributed by atoms with Crippen LogP contribution in [0.15, 0.2) is 28.7 Å². The van der Waals surface area contributed by atoms with Crippen molar-refractivity contribution < 1.29 is 5.11 Å². The molecule has 1 aromatic carbocycles. The van der Waals surface area contributed by atoms with E-state index in [1.54, 1.807) is 0 Å². The van der Waals surface area contributed by atoms with Gasteiger partial charge in [-0.2, -0.15) is 0 Å². The van der Waals surface area contributed by atoms with Crippen molar-refractivity contribution in [2.45, 2.75) is 38.3 Å². The van der Waals surface area contributed by atoms with Crippen molar-refractivity contribution in [3.05, 3.63) is 34.3 Å². The van der Waals surface area contributed by atoms with E-state index in [9.17, 15) is 5.11 Å². The van der Waals surface area contributed by atoms with Gasteiger partial charge in [-0.25, -0.2) is 0 Å². The Morgan fingerprint density at radius 2 is 2.19 bits per heavy atom. The maximum atomic E-state index is 9.36. The first-order valence-corrected chi connectivity index (χ1v) is 8.73. The van der Waals surface area contributed by atoms with E-state index in [4.69, 9.17) is 0 Å². The minimum absolute atomic E-state index is 0.0421. The second-order valence-corrected chi connectivity index (χ2v) is 7.12. The highest BCUT2D eigenvalue weighted by Gasteiger charge is 2.27. The lowest BCUT2D eigenvalue weighted by atomic mass is 9.82. The molecule has 2 N–H and O–H groups in total. The summed E-state index contributed by atoms with van der Waals surface area (Å²) in [4.78, 5) is 2.40. The molecular formula is C17H27BrN2O. The first-order chi connectivity index (χ1) is 10.1. The zero-order valence-electron chi connectivity index (χ0n) is 13.1. The minimum Gasteiger partial charge on any atom is -0.393 e. The molecule has 1 aliphatic carbocycles. The highest BCUT2D eigenvalue weighted by molar-refractivity contribution is 9.10. The number of halogens is 1. The van der Waals surface area contributed by atoms with Gasteiger partial charge in [-0.15, -0.1) is 0 Å². The summed E-state index contributed by atoms with van der Waals surface area (Å²) in [5.41, 5.74) is 1.35. The van der Waals surface area contributed by atoms with Crippen LogP contribution in [0.4, 0.5) is 0 Å². The fourth-order valence-electron chi connectivity index (χ4n) is 3.09. The zero-order valence-corrected chi connectivity index (χ0v) is 14.6. The number of nitrogens with one attached hydrogen (secondary N) is 1. The molecule has 0 bridgehead atoms. The molecule has 0 aromatic heterocycles. The number of aliphatic hydroxyl groups excluding tert-OH is 1. The second-order valence-electron chi connectivity index (χ2n) is 6.21. The van der Waals surface area contributed by atoms with Crippen molar-refractivity contribution in [3.63, 3.8) is 0 Å². The zero-order chi connectivity index (χ0) is 15.2. The Morgan fingerprint density at radius 1 is 1.43 bits per heavy atom. The minimum atomic E-state index is -0.0421. The van der Waals surface area contributed by atoms with E-state index < -0.39 is 0 Å². The van der Waals surface area contributed by atoms with Gasteiger partial charge in [0.15, 0.2) is 0 Å². The molecule has 0 aliphatic heterocycles. The number of hydrogen-bond donors (Lipinski definition) is 2. The van der Waals surface area contributed by atoms with Gasteiger partial charge < -0.3 is 15.3 Å². The average molecular weight is 355 g/mol. The molecule has 2 rings (SSSR count). The van der Waals surface area contributed by atoms with Crippen molar-refractivity contribution in [3.8, 4) is 0 Å². The van der Waals surface area contributed by atoms with E-state index in [0.717, 1.165) is 43.4 Å². The highest BCUT2D eigenvalue weighted by Crippen LogP contribution is 2.28. The predicted octanol–water partition coefficient (Wildman–Crippen LogP) is 3.19. The maximum absolute atomic E-state index is 9.36. The van der Waals surface area contributed by atoms with Gasteiger partial charge in [0.25, 0.3) is 0 Å². The molecule has 1 fully saturated rings. The second kappa shape index (κ2) is 8.28. The molecule has 3 nitrogen and oxygen atoms in total. The Balaban J connectivity index is 1.82. The van der Waals surface area contributed by atoms with Crippen molar-refractivity contribution in [1.29, 1.82) is 0 Å². The summed E-state index contributed by atoms with van der Waals surface area (Å²) in [6.45, 7) is 5.32. The standard InChI is InChI=1S/C17H27BrN2O/c1-3-19-17(14-5-4-6-15(18)11-14)7-8-20(2)12-13-9-16(21)10-13/h4-6,11,13,16-17,19,21H,3,7-10,12H2,1-2H3. The molecule has 0 spiro atoms. The summed E-state index contributed by atoms with van der Waals surface area (Å²) < 4.78 is 1.14. The lowest BCUT2D eigenvalue weighted by molar-refractivity contribution is 0.0279. The van der Waals surface area contributed by atoms with Crippen LogP contribution in [0.1, 0.15) is 37.8 Å². The summed E-state index contributed by atoms with van der Waals surface area (Å²) in [6.07, 6.45) is 3.02. The van der Waals surface area contributed by atoms with E-state index in [1.165, 1.54) is 5.56 Å². The van der Waals surface area contributed by atoms with E-state index in [-0.39, 0.29) is 6.10 Å². The number of nitrogens with zero attached hydrogens (tertiary/aromatic N) is 1. The number of hydrogen-bond acceptors (Lipinski definition) is 3. The van der Waals surface area contributed by atoms with Crippen LogP contribution >= 0.6 is 15.9 Å². The Morgan fingerprint density at radius 3 is 2.81 bits per heavy atom. The summed E-state index contributed by atoms with van der Waals surface area (Å²) in [7, 11) is 2.19. The van der Waals surface area contributed by atoms with Crippen LogP contribution in [0.5, 0.6) is 0 Å². The van der Waals surface area contributed by atoms with Crippen LogP contribution in [0.25, 0.3) is 0 Å². The smallest absolute Gasteiger partial charge is 0.0546 e. The topological polar surface area (TPSA) is 35.5 Å². The monoisotopic (exact) mass is 354 g/mol. The molecule has 4 heteroatoms. The third-order valence-electron chi connectivity index (χ3n) is 4.28. The fourth-order valence-corrected chi connectivity index (χ4v) is 3.50. The molecule has 118 valence electrons. The van der Waals surface area contributed by atoms with Crippen molar-refractivity contribution in [2.75, 3.05) is 26.7 Å². The van der Waals surface area contributed by atoms with E-state index in [1.807, 2.05) is 0 Å². The molecule has 1 saturated carbocycles. The quantitative estimate of drug-likeness (QED) is 0.752. The molecular weight excluding hydrogens is 328 g/mol. The summed E-state index contributed by atoms with van der Waals surface area (Å²) in [5, 5.41) is 12.9. The molecule has 21 heavy (non-hydrogen) atoms. The van der Waals surface area contributed by atoms with Gasteiger partial charge in [-0.05, 0) is 63.0 Å². The van der Waals surface area contributed by atoms with E-state index >= 15 is 0 Å². The SMILES string of the molecule is CCNC(CCN(C)CC1CC(O)C1)c1cccc(Br)c1. The van der Waals surface area contributed by atoms with Gasteiger partial charge in [-0.1, -0.05) is 35.0 Å². The Hall–Kier alpha value is -0.420. The van der Waals surface area contributed by atoms with Crippen molar-refractivity contribution in [2.24, 2.45) is 5.92 Å². The molecule has 0 amide bonds. The molecule has 1 atom stereocenters. The number of aliphatic hydroxyl groups is 1. The lowest BCUT2D eigenvalue weighted by Gasteiger charge is -2.35. The van der Waals surface area contributed by atoms with Crippen LogP contribution < -0.4 is 5.32 Å². The number of benzene rings is 1. The number of rotatable bonds is 8. The Labute approximate surface area is 136 Å². The molecule has 1 aliphatic rings. The molecule has 0 saturated heterocycles. The van der Waals surface area contributed by atoms with E-state index in [2.05, 4.69) is 64.4 Å². The molecule has 1 aromatic rings. The van der Waals surface area contributed by atoms with Crippen LogP contribution in [0.3, 0.4) is 0 Å². The first kappa shape index (κ1) is 16.9. The third kappa shape index (κ3) is 5.37. The summed E-state index contributed by atoms with van der Waals surface area (Å²) >= 11 is 3.56. The highest BCUT2D eigenvalue weighted by atomic mass is 79.9. The maximum Gasteiger partial charge on any atom is 0.0546 e. The predicted molar refractivity (Wildman–Crippen MR) is 91.4 cm³/mol. The summed E-state index contributed by atoms with van der Waals surface area (Å²) in [6, 6.07) is 8.97. The molecule has 1 unspecified atom stereocenters. The average Bonchev–Trinajstić information content (AvgIpc) is 2.41. The van der Waals surface area contributed by atoms with Gasteiger partial charge >= 0.3 is 0 Å². The van der Waals surface area contributed by atoms with Gasteiger partial charge in [0.1, 0.15) is 0 Å². The third-order valence-corrected chi connectivity index (χ3v) is 4.78. The van der Waals surface area contributed by atoms with Gasteiger partial charge in [0.05, 0.1) is 6.10 Å². The van der Waals surface area contributed by atoms with Gasteiger partial charge in [-0.3, -0.25) is 0 Å². The van der Waals surface area contributed by atoms with Crippen molar-refractivity contribution >= 4 is 15.9 Å². The molecule has 0 radical (unpaired) electrons. The van der Waals surface area contributed by atoms with E-state index in [0.29, 0.717) is 12.0 Å². The largest absolute Gasteiger partial charge is 0.393 e. The normalized spacial score (nSPS) is 23.1. The summed E-state index contributed by atoms with van der Waals surface area (Å²) in [5.74, 6) is 0.688.